The molecule has 4 heteroatoms. The SMILES string of the molecule is O=NN(OCc1ccccc1)C1CCCCC1. The van der Waals surface area contributed by atoms with Gasteiger partial charge in [0, 0.05) is 0 Å². The second kappa shape index (κ2) is 6.35. The van der Waals surface area contributed by atoms with Crippen LogP contribution in [0.4, 0.5) is 0 Å². The van der Waals surface area contributed by atoms with Crippen molar-refractivity contribution >= 4 is 0 Å². The lowest BCUT2D eigenvalue weighted by atomic mass is 9.96. The first kappa shape index (κ1) is 12.0. The monoisotopic (exact) mass is 234 g/mol. The van der Waals surface area contributed by atoms with Crippen LogP contribution in [0.25, 0.3) is 0 Å². The molecule has 0 atom stereocenters. The molecule has 1 aromatic rings. The van der Waals surface area contributed by atoms with Crippen molar-refractivity contribution in [1.82, 2.24) is 5.17 Å². The molecule has 0 aromatic heterocycles. The number of hydroxylamine groups is 1. The molecular weight excluding hydrogens is 216 g/mol. The van der Waals surface area contributed by atoms with Gasteiger partial charge in [-0.3, -0.25) is 0 Å². The number of nitrogens with zero attached hydrogens (tertiary/aromatic N) is 2. The summed E-state index contributed by atoms with van der Waals surface area (Å²) in [4.78, 5) is 16.2. The molecule has 92 valence electrons. The molecule has 1 aliphatic rings. The van der Waals surface area contributed by atoms with Crippen LogP contribution in [0.3, 0.4) is 0 Å². The van der Waals surface area contributed by atoms with Gasteiger partial charge in [0.25, 0.3) is 0 Å². The van der Waals surface area contributed by atoms with Gasteiger partial charge in [0.2, 0.25) is 0 Å². The molecule has 1 aliphatic carbocycles. The summed E-state index contributed by atoms with van der Waals surface area (Å²) in [6, 6.07) is 9.98. The largest absolute Gasteiger partial charge is 0.249 e. The molecule has 0 aliphatic heterocycles. The molecule has 2 rings (SSSR count). The molecule has 0 spiro atoms. The van der Waals surface area contributed by atoms with Crippen molar-refractivity contribution in [2.45, 2.75) is 44.8 Å². The Labute approximate surface area is 101 Å². The molecule has 17 heavy (non-hydrogen) atoms. The lowest BCUT2D eigenvalue weighted by molar-refractivity contribution is -0.203. The van der Waals surface area contributed by atoms with Gasteiger partial charge in [0.05, 0.1) is 11.3 Å². The Morgan fingerprint density at radius 2 is 1.88 bits per heavy atom. The number of nitroso groups, excluding NO2 is 1. The normalized spacial score (nSPS) is 16.7. The maximum absolute atomic E-state index is 10.8. The Hall–Kier alpha value is -1.42. The molecule has 4 nitrogen and oxygen atoms in total. The number of benzene rings is 1. The molecule has 1 aromatic carbocycles. The number of rotatable bonds is 5. The van der Waals surface area contributed by atoms with Crippen molar-refractivity contribution in [3.63, 3.8) is 0 Å². The van der Waals surface area contributed by atoms with E-state index in [1.54, 1.807) is 0 Å². The van der Waals surface area contributed by atoms with Gasteiger partial charge in [-0.1, -0.05) is 49.6 Å². The van der Waals surface area contributed by atoms with Crippen molar-refractivity contribution in [3.8, 4) is 0 Å². The predicted molar refractivity (Wildman–Crippen MR) is 65.7 cm³/mol. The third kappa shape index (κ3) is 3.53. The minimum absolute atomic E-state index is 0.157. The third-order valence-electron chi connectivity index (χ3n) is 3.17. The standard InChI is InChI=1S/C13H18N2O2/c16-14-15(13-9-5-2-6-10-13)17-11-12-7-3-1-4-8-12/h1,3-4,7-8,13H,2,5-6,9-11H2. The summed E-state index contributed by atoms with van der Waals surface area (Å²) < 4.78 is 0. The van der Waals surface area contributed by atoms with E-state index in [4.69, 9.17) is 4.84 Å². The van der Waals surface area contributed by atoms with Gasteiger partial charge in [-0.05, 0) is 18.4 Å². The van der Waals surface area contributed by atoms with Crippen LogP contribution in [0.2, 0.25) is 0 Å². The Kier molecular flexibility index (Phi) is 4.50. The van der Waals surface area contributed by atoms with Crippen LogP contribution in [0, 0.1) is 4.91 Å². The lowest BCUT2D eigenvalue weighted by Gasteiger charge is -2.28. The van der Waals surface area contributed by atoms with Crippen LogP contribution in [-0.2, 0) is 11.4 Å². The molecule has 0 heterocycles. The van der Waals surface area contributed by atoms with E-state index < -0.39 is 0 Å². The van der Waals surface area contributed by atoms with Crippen molar-refractivity contribution in [1.29, 1.82) is 0 Å². The minimum Gasteiger partial charge on any atom is -0.249 e. The predicted octanol–water partition coefficient (Wildman–Crippen LogP) is 3.43. The maximum Gasteiger partial charge on any atom is 0.102 e. The topological polar surface area (TPSA) is 41.9 Å². The van der Waals surface area contributed by atoms with E-state index in [2.05, 4.69) is 5.29 Å². The maximum atomic E-state index is 10.8. The van der Waals surface area contributed by atoms with Gasteiger partial charge in [-0.25, -0.2) is 4.84 Å². The van der Waals surface area contributed by atoms with Crippen molar-refractivity contribution in [2.75, 3.05) is 0 Å². The van der Waals surface area contributed by atoms with Gasteiger partial charge in [0.15, 0.2) is 0 Å². The summed E-state index contributed by atoms with van der Waals surface area (Å²) in [6.45, 7) is 0.406. The van der Waals surface area contributed by atoms with Gasteiger partial charge in [-0.15, -0.1) is 10.1 Å². The quantitative estimate of drug-likeness (QED) is 0.579. The first-order chi connectivity index (χ1) is 8.40. The van der Waals surface area contributed by atoms with E-state index in [0.717, 1.165) is 31.2 Å². The second-order valence-electron chi connectivity index (χ2n) is 4.44. The summed E-state index contributed by atoms with van der Waals surface area (Å²) in [5.41, 5.74) is 1.05. The van der Waals surface area contributed by atoms with Gasteiger partial charge in [0.1, 0.15) is 6.61 Å². The Bertz CT molecular complexity index is 337. The Morgan fingerprint density at radius 1 is 1.18 bits per heavy atom. The molecule has 0 saturated heterocycles. The fourth-order valence-electron chi connectivity index (χ4n) is 2.21. The third-order valence-corrected chi connectivity index (χ3v) is 3.17. The van der Waals surface area contributed by atoms with E-state index in [1.165, 1.54) is 11.6 Å². The van der Waals surface area contributed by atoms with E-state index >= 15 is 0 Å². The second-order valence-corrected chi connectivity index (χ2v) is 4.44. The fourth-order valence-corrected chi connectivity index (χ4v) is 2.21. The molecule has 0 amide bonds. The summed E-state index contributed by atoms with van der Waals surface area (Å²) >= 11 is 0. The van der Waals surface area contributed by atoms with Crippen molar-refractivity contribution < 1.29 is 4.84 Å². The van der Waals surface area contributed by atoms with E-state index in [1.807, 2.05) is 30.3 Å². The average molecular weight is 234 g/mol. The zero-order chi connectivity index (χ0) is 11.9. The smallest absolute Gasteiger partial charge is 0.102 e. The number of hydrogen-bond acceptors (Lipinski definition) is 3. The van der Waals surface area contributed by atoms with Gasteiger partial charge in [-0.2, -0.15) is 0 Å². The highest BCUT2D eigenvalue weighted by molar-refractivity contribution is 5.13. The fraction of sp³-hybridized carbons (Fsp3) is 0.538. The molecular formula is C13H18N2O2. The van der Waals surface area contributed by atoms with Gasteiger partial charge < -0.3 is 0 Å². The highest BCUT2D eigenvalue weighted by Crippen LogP contribution is 2.23. The Balaban J connectivity index is 1.85. The molecule has 0 unspecified atom stereocenters. The highest BCUT2D eigenvalue weighted by Gasteiger charge is 2.21. The highest BCUT2D eigenvalue weighted by atomic mass is 16.7. The summed E-state index contributed by atoms with van der Waals surface area (Å²) in [6.07, 6.45) is 5.57. The zero-order valence-corrected chi connectivity index (χ0v) is 9.92. The first-order valence-electron chi connectivity index (χ1n) is 6.19. The number of hydrogen-bond donors (Lipinski definition) is 0. The van der Waals surface area contributed by atoms with Crippen LogP contribution in [-0.4, -0.2) is 11.2 Å². The summed E-state index contributed by atoms with van der Waals surface area (Å²) in [5, 5.41) is 4.24. The molecule has 1 saturated carbocycles. The van der Waals surface area contributed by atoms with E-state index in [-0.39, 0.29) is 6.04 Å². The van der Waals surface area contributed by atoms with Gasteiger partial charge >= 0.3 is 0 Å². The minimum atomic E-state index is 0.157. The summed E-state index contributed by atoms with van der Waals surface area (Å²) in [7, 11) is 0. The van der Waals surface area contributed by atoms with E-state index in [0.29, 0.717) is 6.61 Å². The Morgan fingerprint density at radius 3 is 2.53 bits per heavy atom. The van der Waals surface area contributed by atoms with Crippen LogP contribution in [0.5, 0.6) is 0 Å². The van der Waals surface area contributed by atoms with Crippen LogP contribution in [0.15, 0.2) is 35.6 Å². The summed E-state index contributed by atoms with van der Waals surface area (Å²) in [5.74, 6) is 0. The van der Waals surface area contributed by atoms with Crippen LogP contribution in [0.1, 0.15) is 37.7 Å². The molecule has 0 bridgehead atoms. The lowest BCUT2D eigenvalue weighted by Crippen LogP contribution is -2.32. The van der Waals surface area contributed by atoms with Crippen molar-refractivity contribution in [2.24, 2.45) is 5.29 Å². The van der Waals surface area contributed by atoms with E-state index in [9.17, 15) is 4.91 Å². The molecule has 0 N–H and O–H groups in total. The molecule has 0 radical (unpaired) electrons. The first-order valence-corrected chi connectivity index (χ1v) is 6.19. The van der Waals surface area contributed by atoms with Crippen LogP contribution >= 0.6 is 0 Å². The molecule has 1 fully saturated rings. The van der Waals surface area contributed by atoms with Crippen molar-refractivity contribution in [3.05, 3.63) is 40.8 Å². The zero-order valence-electron chi connectivity index (χ0n) is 9.92. The average Bonchev–Trinajstić information content (AvgIpc) is 2.42. The van der Waals surface area contributed by atoms with Crippen LogP contribution < -0.4 is 0 Å².